The lowest BCUT2D eigenvalue weighted by molar-refractivity contribution is 0.325. The van der Waals surface area contributed by atoms with Crippen LogP contribution in [0.5, 0.6) is 0 Å². The molecule has 0 unspecified atom stereocenters. The fourth-order valence-corrected chi connectivity index (χ4v) is 0.747. The van der Waals surface area contributed by atoms with Gasteiger partial charge in [-0.05, 0) is 11.6 Å². The van der Waals surface area contributed by atoms with E-state index in [4.69, 9.17) is 0 Å². The van der Waals surface area contributed by atoms with Gasteiger partial charge < -0.3 is 0 Å². The molecule has 7 heteroatoms. The minimum atomic E-state index is 0.253. The zero-order chi connectivity index (χ0) is 9.52. The van der Waals surface area contributed by atoms with E-state index in [2.05, 4.69) is 37.9 Å². The van der Waals surface area contributed by atoms with Crippen LogP contribution in [0.4, 0.5) is 5.95 Å². The summed E-state index contributed by atoms with van der Waals surface area (Å²) < 4.78 is 0. The number of H-pyrrole nitrogens is 1. The predicted octanol–water partition coefficient (Wildman–Crippen LogP) is 0.930. The van der Waals surface area contributed by atoms with Crippen LogP contribution in [-0.4, -0.2) is 39.2 Å². The molecule has 0 aliphatic carbocycles. The van der Waals surface area contributed by atoms with Crippen LogP contribution in [-0.2, 0) is 0 Å². The van der Waals surface area contributed by atoms with Crippen molar-refractivity contribution in [2.24, 2.45) is 10.3 Å². The summed E-state index contributed by atoms with van der Waals surface area (Å²) in [7, 11) is 1.86. The highest BCUT2D eigenvalue weighted by Gasteiger charge is 1.94. The normalized spacial score (nSPS) is 10.9. The van der Waals surface area contributed by atoms with Gasteiger partial charge in [0, 0.05) is 13.6 Å². The third-order valence-corrected chi connectivity index (χ3v) is 1.46. The molecule has 0 atom stereocenters. The van der Waals surface area contributed by atoms with Gasteiger partial charge >= 0.3 is 5.95 Å². The first-order chi connectivity index (χ1) is 6.33. The Balaban J connectivity index is 2.31. The second kappa shape index (κ2) is 5.18. The van der Waals surface area contributed by atoms with E-state index >= 15 is 0 Å². The summed E-state index contributed by atoms with van der Waals surface area (Å²) >= 11 is 0. The molecule has 1 heterocycles. The van der Waals surface area contributed by atoms with Crippen LogP contribution in [0.3, 0.4) is 0 Å². The molecule has 0 spiro atoms. The molecule has 1 N–H and O–H groups in total. The average Bonchev–Trinajstić information content (AvgIpc) is 2.64. The summed E-state index contributed by atoms with van der Waals surface area (Å²) in [6.07, 6.45) is 2.24. The summed E-state index contributed by atoms with van der Waals surface area (Å²) in [6.45, 7) is 3.02. The highest BCUT2D eigenvalue weighted by atomic mass is 15.6. The van der Waals surface area contributed by atoms with Gasteiger partial charge in [0.05, 0.1) is 0 Å². The second-order valence-corrected chi connectivity index (χ2v) is 2.64. The van der Waals surface area contributed by atoms with Crippen molar-refractivity contribution in [3.63, 3.8) is 0 Å². The highest BCUT2D eigenvalue weighted by molar-refractivity contribution is 5.03. The molecule has 13 heavy (non-hydrogen) atoms. The van der Waals surface area contributed by atoms with Crippen molar-refractivity contribution in [1.29, 1.82) is 0 Å². The van der Waals surface area contributed by atoms with Gasteiger partial charge in [0.25, 0.3) is 0 Å². The predicted molar refractivity (Wildman–Crippen MR) is 46.2 cm³/mol. The topological polar surface area (TPSA) is 82.4 Å². The third-order valence-electron chi connectivity index (χ3n) is 1.46. The lowest BCUT2D eigenvalue weighted by atomic mass is 10.3. The summed E-state index contributed by atoms with van der Waals surface area (Å²) in [4.78, 5) is 0. The van der Waals surface area contributed by atoms with Crippen LogP contribution in [0, 0.1) is 0 Å². The van der Waals surface area contributed by atoms with Gasteiger partial charge in [-0.3, -0.25) is 5.01 Å². The van der Waals surface area contributed by atoms with Crippen molar-refractivity contribution < 1.29 is 0 Å². The average molecular weight is 183 g/mol. The van der Waals surface area contributed by atoms with E-state index in [-0.39, 0.29) is 5.95 Å². The number of aromatic amines is 1. The van der Waals surface area contributed by atoms with Gasteiger partial charge in [-0.1, -0.05) is 28.8 Å². The second-order valence-electron chi connectivity index (χ2n) is 2.64. The maximum absolute atomic E-state index is 3.88. The fraction of sp³-hybridized carbons (Fsp3) is 0.833. The number of hydrogen-bond acceptors (Lipinski definition) is 5. The molecule has 0 amide bonds. The monoisotopic (exact) mass is 183 g/mol. The van der Waals surface area contributed by atoms with Crippen LogP contribution < -0.4 is 0 Å². The minimum Gasteiger partial charge on any atom is -0.281 e. The van der Waals surface area contributed by atoms with Gasteiger partial charge in [0.2, 0.25) is 0 Å². The smallest absolute Gasteiger partial charge is 0.281 e. The quantitative estimate of drug-likeness (QED) is 0.543. The van der Waals surface area contributed by atoms with Crippen LogP contribution in [0.2, 0.25) is 0 Å². The number of hydrogen-bond donors (Lipinski definition) is 1. The highest BCUT2D eigenvalue weighted by Crippen LogP contribution is 2.00. The maximum Gasteiger partial charge on any atom is 0.309 e. The Morgan fingerprint density at radius 1 is 1.54 bits per heavy atom. The molecule has 72 valence electrons. The number of nitrogens with zero attached hydrogens (tertiary/aromatic N) is 6. The van der Waals surface area contributed by atoms with Crippen molar-refractivity contribution in [2.45, 2.75) is 19.8 Å². The van der Waals surface area contributed by atoms with Crippen LogP contribution >= 0.6 is 0 Å². The number of rotatable bonds is 5. The first-order valence-corrected chi connectivity index (χ1v) is 4.19. The van der Waals surface area contributed by atoms with Crippen LogP contribution in [0.25, 0.3) is 0 Å². The van der Waals surface area contributed by atoms with E-state index in [1.54, 1.807) is 5.01 Å². The van der Waals surface area contributed by atoms with Gasteiger partial charge in [-0.15, -0.1) is 5.10 Å². The van der Waals surface area contributed by atoms with Crippen molar-refractivity contribution in [1.82, 2.24) is 25.6 Å². The van der Waals surface area contributed by atoms with Crippen LogP contribution in [0.15, 0.2) is 10.3 Å². The maximum atomic E-state index is 3.88. The molecule has 0 radical (unpaired) electrons. The van der Waals surface area contributed by atoms with Gasteiger partial charge in [0.1, 0.15) is 0 Å². The molecule has 0 aliphatic rings. The number of nitrogens with one attached hydrogen (secondary N) is 1. The fourth-order valence-electron chi connectivity index (χ4n) is 0.747. The van der Waals surface area contributed by atoms with Crippen molar-refractivity contribution >= 4 is 5.95 Å². The zero-order valence-corrected chi connectivity index (χ0v) is 7.80. The Morgan fingerprint density at radius 2 is 2.38 bits per heavy atom. The van der Waals surface area contributed by atoms with Gasteiger partial charge in [0.15, 0.2) is 0 Å². The first kappa shape index (κ1) is 9.56. The Kier molecular flexibility index (Phi) is 3.80. The Morgan fingerprint density at radius 3 is 3.00 bits per heavy atom. The molecule has 7 nitrogen and oxygen atoms in total. The van der Waals surface area contributed by atoms with E-state index in [0.717, 1.165) is 19.4 Å². The molecular formula is C6H13N7. The first-order valence-electron chi connectivity index (χ1n) is 4.19. The SMILES string of the molecule is CCCCN(C)/N=N/c1nn[nH]n1. The van der Waals surface area contributed by atoms with E-state index in [1.165, 1.54) is 0 Å². The molecule has 0 saturated carbocycles. The van der Waals surface area contributed by atoms with Crippen molar-refractivity contribution in [3.8, 4) is 0 Å². The van der Waals surface area contributed by atoms with Crippen molar-refractivity contribution in [2.75, 3.05) is 13.6 Å². The van der Waals surface area contributed by atoms with Gasteiger partial charge in [-0.25, -0.2) is 0 Å². The lowest BCUT2D eigenvalue weighted by Crippen LogP contribution is -2.11. The minimum absolute atomic E-state index is 0.253. The number of tetrazole rings is 1. The Bertz CT molecular complexity index is 241. The number of unbranched alkanes of at least 4 members (excludes halogenated alkanes) is 1. The summed E-state index contributed by atoms with van der Waals surface area (Å²) in [6, 6.07) is 0. The molecule has 0 aliphatic heterocycles. The molecule has 1 aromatic rings. The molecule has 1 aromatic heterocycles. The molecule has 0 bridgehead atoms. The molecular weight excluding hydrogens is 170 g/mol. The molecule has 0 aromatic carbocycles. The summed E-state index contributed by atoms with van der Waals surface area (Å²) in [5.74, 6) is 0.253. The molecule has 1 rings (SSSR count). The Hall–Kier alpha value is -1.53. The third kappa shape index (κ3) is 3.59. The van der Waals surface area contributed by atoms with Gasteiger partial charge in [-0.2, -0.15) is 5.21 Å². The largest absolute Gasteiger partial charge is 0.309 e. The van der Waals surface area contributed by atoms with E-state index in [1.807, 2.05) is 7.05 Å². The lowest BCUT2D eigenvalue weighted by Gasteiger charge is -2.08. The summed E-state index contributed by atoms with van der Waals surface area (Å²) in [5, 5.41) is 22.3. The van der Waals surface area contributed by atoms with E-state index in [0.29, 0.717) is 0 Å². The van der Waals surface area contributed by atoms with E-state index < -0.39 is 0 Å². The van der Waals surface area contributed by atoms with Crippen molar-refractivity contribution in [3.05, 3.63) is 0 Å². The molecule has 0 fully saturated rings. The Labute approximate surface area is 76.2 Å². The standard InChI is InChI=1S/C6H13N7/c1-3-4-5-13(2)12-9-6-7-10-11-8-6/h3-5H2,1-2H3,(H,7,8,10,11)/b12-9+. The number of aromatic nitrogens is 4. The molecule has 0 saturated heterocycles. The summed E-state index contributed by atoms with van der Waals surface area (Å²) in [5.41, 5.74) is 0. The van der Waals surface area contributed by atoms with E-state index in [9.17, 15) is 0 Å². The van der Waals surface area contributed by atoms with Crippen LogP contribution in [0.1, 0.15) is 19.8 Å². The zero-order valence-electron chi connectivity index (χ0n) is 7.80.